The molecule has 0 aromatic heterocycles. The fraction of sp³-hybridized carbons (Fsp3) is 0.400. The summed E-state index contributed by atoms with van der Waals surface area (Å²) in [6, 6.07) is 0. The van der Waals surface area contributed by atoms with Crippen molar-refractivity contribution in [3.63, 3.8) is 0 Å². The van der Waals surface area contributed by atoms with Crippen molar-refractivity contribution in [1.82, 2.24) is 0 Å². The number of hydrogen-bond acceptors (Lipinski definition) is 2. The van der Waals surface area contributed by atoms with E-state index >= 15 is 0 Å². The number of rotatable bonds is 0. The summed E-state index contributed by atoms with van der Waals surface area (Å²) in [5.41, 5.74) is 3.22. The van der Waals surface area contributed by atoms with E-state index in [0.717, 1.165) is 16.7 Å². The molecule has 1 aromatic rings. The Morgan fingerprint density at radius 1 is 0.583 bits per heavy atom. The molecule has 0 heterocycles. The van der Waals surface area contributed by atoms with Gasteiger partial charge in [-0.05, 0) is 44.4 Å². The van der Waals surface area contributed by atoms with Gasteiger partial charge in [0.15, 0.2) is 0 Å². The van der Waals surface area contributed by atoms with E-state index < -0.39 is 0 Å². The van der Waals surface area contributed by atoms with Gasteiger partial charge in [-0.15, -0.1) is 0 Å². The van der Waals surface area contributed by atoms with Crippen LogP contribution in [0.5, 0.6) is 11.5 Å². The average Bonchev–Trinajstić information content (AvgIpc) is 2.08. The summed E-state index contributed by atoms with van der Waals surface area (Å²) in [6.07, 6.45) is 0. The van der Waals surface area contributed by atoms with Gasteiger partial charge < -0.3 is 10.2 Å². The van der Waals surface area contributed by atoms with Crippen LogP contribution >= 0.6 is 0 Å². The van der Waals surface area contributed by atoms with Crippen molar-refractivity contribution < 1.29 is 10.2 Å². The molecule has 0 atom stereocenters. The standard InChI is InChI=1S/C10H14O2/c1-5-6(2)9(11)8(4)10(12)7(5)3/h11-12H,1-4H3. The van der Waals surface area contributed by atoms with Crippen LogP contribution in [-0.2, 0) is 0 Å². The zero-order valence-corrected chi connectivity index (χ0v) is 7.89. The van der Waals surface area contributed by atoms with Crippen LogP contribution in [0.3, 0.4) is 0 Å². The van der Waals surface area contributed by atoms with Gasteiger partial charge in [-0.25, -0.2) is 0 Å². The number of aromatic hydroxyl groups is 2. The highest BCUT2D eigenvalue weighted by atomic mass is 16.3. The summed E-state index contributed by atoms with van der Waals surface area (Å²) in [4.78, 5) is 0. The van der Waals surface area contributed by atoms with Gasteiger partial charge in [0.25, 0.3) is 0 Å². The molecule has 0 amide bonds. The van der Waals surface area contributed by atoms with Crippen LogP contribution in [0.2, 0.25) is 0 Å². The first-order valence-electron chi connectivity index (χ1n) is 3.95. The largest absolute Gasteiger partial charge is 0.507 e. The maximum Gasteiger partial charge on any atom is 0.125 e. The van der Waals surface area contributed by atoms with Crippen molar-refractivity contribution in [2.75, 3.05) is 0 Å². The molecule has 0 bridgehead atoms. The first kappa shape index (κ1) is 8.91. The average molecular weight is 166 g/mol. The Balaban J connectivity index is 3.60. The third kappa shape index (κ3) is 1.04. The molecule has 0 aliphatic heterocycles. The lowest BCUT2D eigenvalue weighted by molar-refractivity contribution is 0.437. The fourth-order valence-electron chi connectivity index (χ4n) is 1.31. The van der Waals surface area contributed by atoms with E-state index in [1.807, 2.05) is 20.8 Å². The highest BCUT2D eigenvalue weighted by molar-refractivity contribution is 5.56. The Hall–Kier alpha value is -1.18. The third-order valence-electron chi connectivity index (χ3n) is 2.55. The minimum atomic E-state index is 0.204. The van der Waals surface area contributed by atoms with E-state index in [2.05, 4.69) is 0 Å². The van der Waals surface area contributed by atoms with Gasteiger partial charge in [0.2, 0.25) is 0 Å². The molecule has 0 aliphatic rings. The molecular weight excluding hydrogens is 152 g/mol. The zero-order chi connectivity index (χ0) is 9.46. The van der Waals surface area contributed by atoms with E-state index in [1.165, 1.54) is 0 Å². The molecule has 0 saturated carbocycles. The molecule has 66 valence electrons. The summed E-state index contributed by atoms with van der Waals surface area (Å²) >= 11 is 0. The van der Waals surface area contributed by atoms with E-state index in [0.29, 0.717) is 5.56 Å². The van der Waals surface area contributed by atoms with Crippen molar-refractivity contribution in [1.29, 1.82) is 0 Å². The molecule has 2 nitrogen and oxygen atoms in total. The van der Waals surface area contributed by atoms with Crippen LogP contribution in [-0.4, -0.2) is 10.2 Å². The second-order valence-corrected chi connectivity index (χ2v) is 3.20. The highest BCUT2D eigenvalue weighted by Gasteiger charge is 2.12. The molecule has 0 unspecified atom stereocenters. The van der Waals surface area contributed by atoms with E-state index in [4.69, 9.17) is 0 Å². The quantitative estimate of drug-likeness (QED) is 0.621. The number of hydrogen-bond donors (Lipinski definition) is 2. The normalized spacial score (nSPS) is 10.3. The van der Waals surface area contributed by atoms with Crippen LogP contribution in [0.15, 0.2) is 0 Å². The molecule has 1 rings (SSSR count). The first-order valence-corrected chi connectivity index (χ1v) is 3.95. The van der Waals surface area contributed by atoms with Crippen LogP contribution in [0.1, 0.15) is 22.3 Å². The third-order valence-corrected chi connectivity index (χ3v) is 2.55. The smallest absolute Gasteiger partial charge is 0.125 e. The predicted molar refractivity (Wildman–Crippen MR) is 48.7 cm³/mol. The lowest BCUT2D eigenvalue weighted by Gasteiger charge is -2.12. The molecule has 2 N–H and O–H groups in total. The molecule has 0 spiro atoms. The van der Waals surface area contributed by atoms with Crippen molar-refractivity contribution in [2.24, 2.45) is 0 Å². The summed E-state index contributed by atoms with van der Waals surface area (Å²) < 4.78 is 0. The summed E-state index contributed by atoms with van der Waals surface area (Å²) in [6.45, 7) is 7.31. The minimum absolute atomic E-state index is 0.204. The second kappa shape index (κ2) is 2.70. The van der Waals surface area contributed by atoms with Gasteiger partial charge in [0.05, 0.1) is 0 Å². The Kier molecular flexibility index (Phi) is 2.01. The lowest BCUT2D eigenvalue weighted by atomic mass is 9.98. The maximum atomic E-state index is 9.53. The Labute approximate surface area is 72.5 Å². The molecule has 2 heteroatoms. The summed E-state index contributed by atoms with van der Waals surface area (Å²) in [5, 5.41) is 19.1. The van der Waals surface area contributed by atoms with Crippen molar-refractivity contribution in [2.45, 2.75) is 27.7 Å². The van der Waals surface area contributed by atoms with Crippen LogP contribution < -0.4 is 0 Å². The molecular formula is C10H14O2. The van der Waals surface area contributed by atoms with E-state index in [-0.39, 0.29) is 11.5 Å². The number of benzene rings is 1. The topological polar surface area (TPSA) is 40.5 Å². The van der Waals surface area contributed by atoms with Gasteiger partial charge >= 0.3 is 0 Å². The Morgan fingerprint density at radius 2 is 0.917 bits per heavy atom. The van der Waals surface area contributed by atoms with Crippen molar-refractivity contribution in [3.05, 3.63) is 22.3 Å². The summed E-state index contributed by atoms with van der Waals surface area (Å²) in [7, 11) is 0. The lowest BCUT2D eigenvalue weighted by Crippen LogP contribution is -1.91. The Bertz CT molecular complexity index is 222. The van der Waals surface area contributed by atoms with Gasteiger partial charge in [-0.1, -0.05) is 0 Å². The fourth-order valence-corrected chi connectivity index (χ4v) is 1.31. The van der Waals surface area contributed by atoms with Crippen LogP contribution in [0.25, 0.3) is 0 Å². The zero-order valence-electron chi connectivity index (χ0n) is 7.89. The molecule has 0 radical (unpaired) electrons. The van der Waals surface area contributed by atoms with Crippen LogP contribution in [0, 0.1) is 27.7 Å². The molecule has 0 saturated heterocycles. The van der Waals surface area contributed by atoms with E-state index in [1.54, 1.807) is 6.92 Å². The number of phenols is 2. The van der Waals surface area contributed by atoms with Gasteiger partial charge in [-0.3, -0.25) is 0 Å². The Morgan fingerprint density at radius 3 is 1.25 bits per heavy atom. The molecule has 0 fully saturated rings. The van der Waals surface area contributed by atoms with Gasteiger partial charge in [-0.2, -0.15) is 0 Å². The SMILES string of the molecule is Cc1c(C)c(O)c(C)c(O)c1C. The monoisotopic (exact) mass is 166 g/mol. The number of phenolic OH excluding ortho intramolecular Hbond substituents is 2. The molecule has 1 aromatic carbocycles. The van der Waals surface area contributed by atoms with Crippen LogP contribution in [0.4, 0.5) is 0 Å². The van der Waals surface area contributed by atoms with Gasteiger partial charge in [0, 0.05) is 5.56 Å². The highest BCUT2D eigenvalue weighted by Crippen LogP contribution is 2.35. The minimum Gasteiger partial charge on any atom is -0.507 e. The summed E-state index contributed by atoms with van der Waals surface area (Å²) in [5.74, 6) is 0.409. The molecule has 0 aliphatic carbocycles. The predicted octanol–water partition coefficient (Wildman–Crippen LogP) is 2.33. The maximum absolute atomic E-state index is 9.53. The van der Waals surface area contributed by atoms with Crippen molar-refractivity contribution in [3.8, 4) is 11.5 Å². The van der Waals surface area contributed by atoms with E-state index in [9.17, 15) is 10.2 Å². The molecule has 12 heavy (non-hydrogen) atoms. The second-order valence-electron chi connectivity index (χ2n) is 3.20. The van der Waals surface area contributed by atoms with Gasteiger partial charge in [0.1, 0.15) is 11.5 Å². The van der Waals surface area contributed by atoms with Crippen molar-refractivity contribution >= 4 is 0 Å². The first-order chi connectivity index (χ1) is 5.46.